The molecule has 2 N–H and O–H groups in total. The zero-order valence-electron chi connectivity index (χ0n) is 32.9. The van der Waals surface area contributed by atoms with E-state index < -0.39 is 90.1 Å². The maximum atomic E-state index is 16.5. The van der Waals surface area contributed by atoms with Crippen LogP contribution in [0.25, 0.3) is 0 Å². The van der Waals surface area contributed by atoms with Crippen LogP contribution in [0.15, 0.2) is 47.4 Å². The summed E-state index contributed by atoms with van der Waals surface area (Å²) in [6, 6.07) is 8.62. The van der Waals surface area contributed by atoms with Gasteiger partial charge in [0, 0.05) is 6.20 Å². The molecular formula is C36H52FN4O12PS. The second-order valence-electron chi connectivity index (χ2n) is 15.9. The number of halogens is 1. The van der Waals surface area contributed by atoms with E-state index in [1.807, 2.05) is 13.8 Å². The number of nitrogens with zero attached hydrogens (tertiary/aromatic N) is 3. The third-order valence-electron chi connectivity index (χ3n) is 6.91. The number of carboxylic acids is 1. The van der Waals surface area contributed by atoms with Crippen LogP contribution in [0, 0.1) is 5.92 Å². The van der Waals surface area contributed by atoms with Crippen molar-refractivity contribution in [3.8, 4) is 5.75 Å². The Bertz CT molecular complexity index is 1670. The van der Waals surface area contributed by atoms with Gasteiger partial charge in [-0.15, -0.1) is 11.8 Å². The maximum absolute atomic E-state index is 16.5. The molecule has 6 atom stereocenters. The number of carboxylic acid groups (broad SMARTS) is 1. The van der Waals surface area contributed by atoms with E-state index in [4.69, 9.17) is 28.0 Å². The first-order chi connectivity index (χ1) is 25.3. The highest BCUT2D eigenvalue weighted by Gasteiger charge is 2.50. The number of carbonyl (C=O) groups excluding carboxylic acids is 3. The number of rotatable bonds is 13. The minimum absolute atomic E-state index is 0.00545. The van der Waals surface area contributed by atoms with Crippen molar-refractivity contribution in [2.24, 2.45) is 5.92 Å². The van der Waals surface area contributed by atoms with E-state index in [1.54, 1.807) is 92.6 Å². The van der Waals surface area contributed by atoms with Crippen LogP contribution < -0.4 is 20.2 Å². The Balaban J connectivity index is 1.98. The predicted octanol–water partition coefficient (Wildman–Crippen LogP) is 7.60. The minimum atomic E-state index is -2.16. The first kappa shape index (κ1) is 45.4. The Morgan fingerprint density at radius 2 is 1.51 bits per heavy atom. The lowest BCUT2D eigenvalue weighted by molar-refractivity contribution is -0.139. The summed E-state index contributed by atoms with van der Waals surface area (Å²) in [6.45, 7) is 17.7. The largest absolute Gasteiger partial charge is 0.509 e. The average Bonchev–Trinajstić information content (AvgIpc) is 3.31. The lowest BCUT2D eigenvalue weighted by Gasteiger charge is -2.28. The SMILES string of the molecule is CC(C)CC(NP(OC[C@H]1S[C@@H](n2ccc(N(C(=O)OC(C)(C)C)C(=O)OC(C)(C)C)nc2=O)[C@@H](F)[C@@H]1OC(=O)OC(C)(C)C)Oc1ccccc1)C(=O)O. The van der Waals surface area contributed by atoms with E-state index in [9.17, 15) is 29.1 Å². The highest BCUT2D eigenvalue weighted by atomic mass is 32.2. The average molecular weight is 815 g/mol. The topological polar surface area (TPSA) is 194 Å². The summed E-state index contributed by atoms with van der Waals surface area (Å²) < 4.78 is 51.0. The molecule has 0 spiro atoms. The molecule has 1 saturated heterocycles. The molecule has 1 aromatic carbocycles. The van der Waals surface area contributed by atoms with Crippen molar-refractivity contribution in [2.45, 2.75) is 128 Å². The van der Waals surface area contributed by atoms with Crippen LogP contribution >= 0.6 is 20.3 Å². The fourth-order valence-electron chi connectivity index (χ4n) is 4.79. The number of carbonyl (C=O) groups is 4. The van der Waals surface area contributed by atoms with Gasteiger partial charge >= 0.3 is 38.5 Å². The first-order valence-electron chi connectivity index (χ1n) is 17.5. The number of thioether (sulfide) groups is 1. The number of amides is 2. The van der Waals surface area contributed by atoms with Gasteiger partial charge in [0.25, 0.3) is 0 Å². The quantitative estimate of drug-likeness (QED) is 0.114. The molecular weight excluding hydrogens is 762 g/mol. The molecule has 2 heterocycles. The van der Waals surface area contributed by atoms with Gasteiger partial charge in [-0.05, 0) is 92.9 Å². The van der Waals surface area contributed by atoms with Crippen molar-refractivity contribution in [3.63, 3.8) is 0 Å². The molecule has 2 unspecified atom stereocenters. The molecule has 2 aromatic rings. The van der Waals surface area contributed by atoms with E-state index in [0.29, 0.717) is 10.6 Å². The van der Waals surface area contributed by atoms with Gasteiger partial charge in [-0.2, -0.15) is 9.88 Å². The third kappa shape index (κ3) is 14.5. The fourth-order valence-corrected chi connectivity index (χ4v) is 7.61. The van der Waals surface area contributed by atoms with E-state index in [-0.39, 0.29) is 18.9 Å². The number of imide groups is 1. The number of hydrogen-bond donors (Lipinski definition) is 2. The number of aliphatic carboxylic acids is 1. The molecule has 1 aromatic heterocycles. The Morgan fingerprint density at radius 3 is 2.00 bits per heavy atom. The molecule has 0 saturated carbocycles. The number of para-hydroxylation sites is 1. The molecule has 1 fully saturated rings. The highest BCUT2D eigenvalue weighted by molar-refractivity contribution is 8.00. The van der Waals surface area contributed by atoms with Crippen LogP contribution in [0.2, 0.25) is 0 Å². The predicted molar refractivity (Wildman–Crippen MR) is 204 cm³/mol. The van der Waals surface area contributed by atoms with Crippen LogP contribution in [0.4, 0.5) is 24.6 Å². The number of alkyl halides is 1. The second-order valence-corrected chi connectivity index (χ2v) is 18.5. The molecule has 55 heavy (non-hydrogen) atoms. The van der Waals surface area contributed by atoms with Crippen LogP contribution in [0.5, 0.6) is 5.75 Å². The lowest BCUT2D eigenvalue weighted by atomic mass is 10.1. The molecule has 306 valence electrons. The van der Waals surface area contributed by atoms with Gasteiger partial charge in [0.15, 0.2) is 18.1 Å². The van der Waals surface area contributed by atoms with Gasteiger partial charge in [-0.1, -0.05) is 32.0 Å². The Kier molecular flexibility index (Phi) is 15.5. The highest BCUT2D eigenvalue weighted by Crippen LogP contribution is 2.47. The molecule has 0 aliphatic carbocycles. The molecule has 3 rings (SSSR count). The van der Waals surface area contributed by atoms with E-state index in [1.165, 1.54) is 0 Å². The van der Waals surface area contributed by atoms with Gasteiger partial charge in [0.2, 0.25) is 0 Å². The van der Waals surface area contributed by atoms with Gasteiger partial charge in [-0.25, -0.2) is 28.7 Å². The van der Waals surface area contributed by atoms with E-state index in [0.717, 1.165) is 28.6 Å². The number of benzene rings is 1. The number of ether oxygens (including phenoxy) is 4. The van der Waals surface area contributed by atoms with Crippen molar-refractivity contribution >= 4 is 50.4 Å². The molecule has 2 amide bonds. The van der Waals surface area contributed by atoms with Crippen LogP contribution in [0.1, 0.15) is 88.0 Å². The standard InChI is InChI=1S/C36H52FN4O12PS/c1-21(2)19-23(29(42)43)39-54(53-22-15-13-12-14-16-22)48-20-24-27(49-33(47)52-36(9,10)11)26(37)28(55-24)40-18-17-25(38-30(40)44)41(31(45)50-34(3,4)5)32(46)51-35(6,7)8/h12-18,21,23-24,26-28,39H,19-20H2,1-11H3,(H,42,43)/t23?,24-,26+,27-,28-,54?/m1/s1. The number of nitrogens with one attached hydrogen (secondary N) is 1. The summed E-state index contributed by atoms with van der Waals surface area (Å²) in [5.74, 6) is -1.18. The Morgan fingerprint density at radius 1 is 0.945 bits per heavy atom. The summed E-state index contributed by atoms with van der Waals surface area (Å²) in [4.78, 5) is 69.2. The third-order valence-corrected chi connectivity index (χ3v) is 9.72. The zero-order chi connectivity index (χ0) is 41.5. The van der Waals surface area contributed by atoms with Crippen LogP contribution in [-0.2, 0) is 28.3 Å². The first-order valence-corrected chi connectivity index (χ1v) is 19.6. The van der Waals surface area contributed by atoms with Crippen molar-refractivity contribution in [3.05, 3.63) is 53.1 Å². The van der Waals surface area contributed by atoms with Crippen molar-refractivity contribution < 1.29 is 56.7 Å². The van der Waals surface area contributed by atoms with Crippen molar-refractivity contribution in [1.82, 2.24) is 14.6 Å². The van der Waals surface area contributed by atoms with Gasteiger partial charge in [-0.3, -0.25) is 9.36 Å². The monoisotopic (exact) mass is 814 g/mol. The minimum Gasteiger partial charge on any atom is -0.480 e. The Labute approximate surface area is 325 Å². The Hall–Kier alpha value is -3.99. The molecule has 1 aliphatic rings. The van der Waals surface area contributed by atoms with Crippen LogP contribution in [0.3, 0.4) is 0 Å². The van der Waals surface area contributed by atoms with Crippen molar-refractivity contribution in [2.75, 3.05) is 11.5 Å². The summed E-state index contributed by atoms with van der Waals surface area (Å²) in [5, 5.41) is 10.5. The molecule has 1 aliphatic heterocycles. The van der Waals surface area contributed by atoms with Crippen molar-refractivity contribution in [1.29, 1.82) is 0 Å². The van der Waals surface area contributed by atoms with Gasteiger partial charge in [0.05, 0.1) is 11.9 Å². The maximum Gasteiger partial charge on any atom is 0.509 e. The normalized spacial score (nSPS) is 19.9. The fraction of sp³-hybridized carbons (Fsp3) is 0.611. The summed E-state index contributed by atoms with van der Waals surface area (Å²) in [6.07, 6.45) is -5.66. The van der Waals surface area contributed by atoms with E-state index >= 15 is 4.39 Å². The zero-order valence-corrected chi connectivity index (χ0v) is 34.6. The number of aromatic nitrogens is 2. The molecule has 0 radical (unpaired) electrons. The molecule has 0 bridgehead atoms. The van der Waals surface area contributed by atoms with E-state index in [2.05, 4.69) is 10.1 Å². The summed E-state index contributed by atoms with van der Waals surface area (Å²) in [5.41, 5.74) is -4.09. The lowest BCUT2D eigenvalue weighted by Crippen LogP contribution is -2.45. The number of anilines is 1. The number of hydrogen-bond acceptors (Lipinski definition) is 14. The summed E-state index contributed by atoms with van der Waals surface area (Å²) >= 11 is 0.885. The molecule has 16 nitrogen and oxygen atoms in total. The van der Waals surface area contributed by atoms with Crippen LogP contribution in [-0.4, -0.2) is 85.9 Å². The summed E-state index contributed by atoms with van der Waals surface area (Å²) in [7, 11) is -2.16. The van der Waals surface area contributed by atoms with Gasteiger partial charge < -0.3 is 33.1 Å². The molecule has 19 heteroatoms. The smallest absolute Gasteiger partial charge is 0.480 e. The van der Waals surface area contributed by atoms with Gasteiger partial charge in [0.1, 0.15) is 34.0 Å². The second kappa shape index (κ2) is 18.8.